The quantitative estimate of drug-likeness (QED) is 0.316. The van der Waals surface area contributed by atoms with Crippen LogP contribution < -0.4 is 10.1 Å². The molecule has 1 N–H and O–H groups in total. The molecule has 0 aliphatic carbocycles. The van der Waals surface area contributed by atoms with Crippen LogP contribution in [0.1, 0.15) is 54.9 Å². The zero-order valence-electron chi connectivity index (χ0n) is 20.7. The molecule has 1 aliphatic rings. The van der Waals surface area contributed by atoms with Gasteiger partial charge in [-0.2, -0.15) is 13.2 Å². The molecule has 0 aromatic heterocycles. The minimum absolute atomic E-state index is 0.0600. The van der Waals surface area contributed by atoms with Crippen LogP contribution >= 0.6 is 0 Å². The molecule has 0 saturated carbocycles. The van der Waals surface area contributed by atoms with Gasteiger partial charge in [0, 0.05) is 19.8 Å². The largest absolute Gasteiger partial charge is 0.484 e. The molecule has 9 heteroatoms. The molecule has 6 nitrogen and oxygen atoms in total. The lowest BCUT2D eigenvalue weighted by Gasteiger charge is -2.22. The number of hydrogen-bond donors (Lipinski definition) is 1. The van der Waals surface area contributed by atoms with Gasteiger partial charge < -0.3 is 19.6 Å². The van der Waals surface area contributed by atoms with Gasteiger partial charge in [-0.3, -0.25) is 4.79 Å². The summed E-state index contributed by atoms with van der Waals surface area (Å²) in [6.07, 6.45) is -0.947. The van der Waals surface area contributed by atoms with E-state index in [0.717, 1.165) is 61.4 Å². The van der Waals surface area contributed by atoms with E-state index in [2.05, 4.69) is 10.5 Å². The summed E-state index contributed by atoms with van der Waals surface area (Å²) in [6.45, 7) is 6.04. The number of alkyl halides is 3. The first-order valence-corrected chi connectivity index (χ1v) is 12.2. The Morgan fingerprint density at radius 1 is 1.14 bits per heavy atom. The van der Waals surface area contributed by atoms with Crippen LogP contribution in [0.15, 0.2) is 47.6 Å². The van der Waals surface area contributed by atoms with Gasteiger partial charge >= 0.3 is 6.18 Å². The van der Waals surface area contributed by atoms with Gasteiger partial charge in [0.25, 0.3) is 5.91 Å². The average Bonchev–Trinajstić information content (AvgIpc) is 2.86. The van der Waals surface area contributed by atoms with E-state index in [4.69, 9.17) is 14.3 Å². The predicted molar refractivity (Wildman–Crippen MR) is 131 cm³/mol. The molecule has 36 heavy (non-hydrogen) atoms. The van der Waals surface area contributed by atoms with E-state index in [-0.39, 0.29) is 19.1 Å². The number of ether oxygens (including phenoxy) is 2. The van der Waals surface area contributed by atoms with Crippen LogP contribution in [0.4, 0.5) is 13.2 Å². The number of aryl methyl sites for hydroxylation is 1. The standard InChI is InChI=1S/C27H33F3N2O4/c1-3-4-24(32-36-17-21-5-8-23(9-6-21)27(28,29)30)22-7-10-25(19(2)15-22)35-18-26(33)31-16-20-11-13-34-14-12-20/h5-10,15,20H,3-4,11-14,16-18H2,1-2H3,(H,31,33). The summed E-state index contributed by atoms with van der Waals surface area (Å²) in [4.78, 5) is 17.6. The molecule has 0 radical (unpaired) electrons. The lowest BCUT2D eigenvalue weighted by molar-refractivity contribution is -0.137. The smallest absolute Gasteiger partial charge is 0.416 e. The number of benzene rings is 2. The Bertz CT molecular complexity index is 1020. The van der Waals surface area contributed by atoms with Crippen molar-refractivity contribution in [2.75, 3.05) is 26.4 Å². The van der Waals surface area contributed by atoms with Crippen LogP contribution in [0.2, 0.25) is 0 Å². The Kier molecular flexibility index (Phi) is 10.2. The third-order valence-corrected chi connectivity index (χ3v) is 5.97. The summed E-state index contributed by atoms with van der Waals surface area (Å²) in [5.74, 6) is 0.901. The third-order valence-electron chi connectivity index (χ3n) is 5.97. The van der Waals surface area contributed by atoms with E-state index >= 15 is 0 Å². The summed E-state index contributed by atoms with van der Waals surface area (Å²) in [5, 5.41) is 7.17. The lowest BCUT2D eigenvalue weighted by atomic mass is 10.0. The number of oxime groups is 1. The maximum absolute atomic E-state index is 12.7. The Hall–Kier alpha value is -3.07. The fourth-order valence-electron chi connectivity index (χ4n) is 3.85. The minimum atomic E-state index is -4.37. The van der Waals surface area contributed by atoms with Gasteiger partial charge in [-0.15, -0.1) is 0 Å². The molecular weight excluding hydrogens is 473 g/mol. The number of nitrogens with zero attached hydrogens (tertiary/aromatic N) is 1. The van der Waals surface area contributed by atoms with E-state index in [1.165, 1.54) is 12.1 Å². The zero-order valence-corrected chi connectivity index (χ0v) is 20.7. The monoisotopic (exact) mass is 506 g/mol. The van der Waals surface area contributed by atoms with Crippen LogP contribution in [0, 0.1) is 12.8 Å². The van der Waals surface area contributed by atoms with Gasteiger partial charge in [0.2, 0.25) is 0 Å². The highest BCUT2D eigenvalue weighted by molar-refractivity contribution is 6.00. The van der Waals surface area contributed by atoms with Crippen molar-refractivity contribution in [3.63, 3.8) is 0 Å². The molecule has 1 aliphatic heterocycles. The van der Waals surface area contributed by atoms with Crippen LogP contribution in [-0.2, 0) is 27.2 Å². The maximum atomic E-state index is 12.7. The SMILES string of the molecule is CCCC(=NOCc1ccc(C(F)(F)F)cc1)c1ccc(OCC(=O)NCC2CCOCC2)c(C)c1. The highest BCUT2D eigenvalue weighted by Crippen LogP contribution is 2.29. The molecule has 2 aromatic rings. The number of carbonyl (C=O) groups excluding carboxylic acids is 1. The van der Waals surface area contributed by atoms with E-state index in [1.54, 1.807) is 6.07 Å². The molecule has 1 saturated heterocycles. The van der Waals surface area contributed by atoms with Crippen molar-refractivity contribution in [3.05, 3.63) is 64.7 Å². The molecule has 1 fully saturated rings. The van der Waals surface area contributed by atoms with Crippen LogP contribution in [0.25, 0.3) is 0 Å². The number of amides is 1. The molecular formula is C27H33F3N2O4. The van der Waals surface area contributed by atoms with Gasteiger partial charge in [0.15, 0.2) is 6.61 Å². The highest BCUT2D eigenvalue weighted by atomic mass is 19.4. The first kappa shape index (κ1) is 27.5. The maximum Gasteiger partial charge on any atom is 0.416 e. The Morgan fingerprint density at radius 2 is 1.86 bits per heavy atom. The van der Waals surface area contributed by atoms with Crippen LogP contribution in [0.3, 0.4) is 0 Å². The lowest BCUT2D eigenvalue weighted by Crippen LogP contribution is -2.35. The summed E-state index contributed by atoms with van der Waals surface area (Å²) < 4.78 is 49.2. The molecule has 1 amide bonds. The molecule has 196 valence electrons. The summed E-state index contributed by atoms with van der Waals surface area (Å²) in [5.41, 5.74) is 2.34. The predicted octanol–water partition coefficient (Wildman–Crippen LogP) is 5.66. The first-order chi connectivity index (χ1) is 17.3. The topological polar surface area (TPSA) is 69.2 Å². The first-order valence-electron chi connectivity index (χ1n) is 12.2. The van der Waals surface area contributed by atoms with Crippen LogP contribution in [0.5, 0.6) is 5.75 Å². The van der Waals surface area contributed by atoms with E-state index in [9.17, 15) is 18.0 Å². The van der Waals surface area contributed by atoms with Gasteiger partial charge in [0.1, 0.15) is 12.4 Å². The van der Waals surface area contributed by atoms with E-state index in [1.807, 2.05) is 26.0 Å². The van der Waals surface area contributed by atoms with Crippen molar-refractivity contribution >= 4 is 11.6 Å². The molecule has 2 aromatic carbocycles. The second-order valence-electron chi connectivity index (χ2n) is 8.88. The molecule has 0 spiro atoms. The van der Waals surface area contributed by atoms with Crippen molar-refractivity contribution in [2.24, 2.45) is 11.1 Å². The fourth-order valence-corrected chi connectivity index (χ4v) is 3.85. The normalized spacial score (nSPS) is 15.0. The number of halogens is 3. The average molecular weight is 507 g/mol. The summed E-state index contributed by atoms with van der Waals surface area (Å²) in [6, 6.07) is 10.4. The second kappa shape index (κ2) is 13.3. The van der Waals surface area contributed by atoms with Crippen molar-refractivity contribution in [3.8, 4) is 5.75 Å². The summed E-state index contributed by atoms with van der Waals surface area (Å²) in [7, 11) is 0. The molecule has 0 atom stereocenters. The van der Waals surface area contributed by atoms with Crippen LogP contribution in [-0.4, -0.2) is 38.0 Å². The molecule has 1 heterocycles. The Morgan fingerprint density at radius 3 is 2.50 bits per heavy atom. The molecule has 3 rings (SSSR count). The molecule has 0 bridgehead atoms. The number of hydrogen-bond acceptors (Lipinski definition) is 5. The van der Waals surface area contributed by atoms with Gasteiger partial charge in [-0.25, -0.2) is 0 Å². The van der Waals surface area contributed by atoms with Crippen molar-refractivity contribution < 1.29 is 32.3 Å². The number of nitrogens with one attached hydrogen (secondary N) is 1. The zero-order chi connectivity index (χ0) is 26.0. The number of carbonyl (C=O) groups is 1. The highest BCUT2D eigenvalue weighted by Gasteiger charge is 2.29. The van der Waals surface area contributed by atoms with Gasteiger partial charge in [-0.05, 0) is 79.1 Å². The van der Waals surface area contributed by atoms with E-state index < -0.39 is 11.7 Å². The van der Waals surface area contributed by atoms with Crippen molar-refractivity contribution in [1.29, 1.82) is 0 Å². The fraction of sp³-hybridized carbons (Fsp3) is 0.481. The summed E-state index contributed by atoms with van der Waals surface area (Å²) >= 11 is 0. The van der Waals surface area contributed by atoms with Crippen molar-refractivity contribution in [1.82, 2.24) is 5.32 Å². The van der Waals surface area contributed by atoms with Gasteiger partial charge in [-0.1, -0.05) is 30.6 Å². The van der Waals surface area contributed by atoms with Gasteiger partial charge in [0.05, 0.1) is 11.3 Å². The minimum Gasteiger partial charge on any atom is -0.484 e. The molecule has 0 unspecified atom stereocenters. The Balaban J connectivity index is 1.53. The van der Waals surface area contributed by atoms with Crippen molar-refractivity contribution in [2.45, 2.75) is 52.3 Å². The number of rotatable bonds is 11. The third kappa shape index (κ3) is 8.55. The van der Waals surface area contributed by atoms with E-state index in [0.29, 0.717) is 30.2 Å². The Labute approximate surface area is 209 Å². The second-order valence-corrected chi connectivity index (χ2v) is 8.88.